The fourth-order valence-electron chi connectivity index (χ4n) is 4.20. The summed E-state index contributed by atoms with van der Waals surface area (Å²) in [5.74, 6) is 1.81. The van der Waals surface area contributed by atoms with Gasteiger partial charge in [-0.3, -0.25) is 4.90 Å². The topological polar surface area (TPSA) is 89.8 Å². The molecule has 10 heteroatoms. The van der Waals surface area contributed by atoms with Crippen LogP contribution in [0.15, 0.2) is 18.2 Å². The Hall–Kier alpha value is -2.64. The highest BCUT2D eigenvalue weighted by atomic mass is 35.5. The first-order valence-electron chi connectivity index (χ1n) is 13.8. The summed E-state index contributed by atoms with van der Waals surface area (Å²) >= 11 is 6.40. The minimum absolute atomic E-state index is 0.434. The third kappa shape index (κ3) is 11.2. The van der Waals surface area contributed by atoms with Crippen LogP contribution in [0.1, 0.15) is 57.9 Å². The van der Waals surface area contributed by atoms with Crippen molar-refractivity contribution in [2.45, 2.75) is 60.7 Å². The van der Waals surface area contributed by atoms with Crippen molar-refractivity contribution in [1.29, 1.82) is 5.26 Å². The Morgan fingerprint density at radius 3 is 2.31 bits per heavy atom. The monoisotopic (exact) mass is 561 g/mol. The molecule has 9 nitrogen and oxygen atoms in total. The van der Waals surface area contributed by atoms with E-state index in [9.17, 15) is 0 Å². The van der Waals surface area contributed by atoms with Crippen LogP contribution in [0, 0.1) is 11.3 Å². The second kappa shape index (κ2) is 19.4. The van der Waals surface area contributed by atoms with Gasteiger partial charge in [-0.15, -0.1) is 0 Å². The van der Waals surface area contributed by atoms with Crippen molar-refractivity contribution < 1.29 is 9.47 Å². The van der Waals surface area contributed by atoms with Crippen LogP contribution in [0.4, 0.5) is 5.82 Å². The molecule has 0 bridgehead atoms. The van der Waals surface area contributed by atoms with Crippen LogP contribution in [-0.4, -0.2) is 80.3 Å². The second-order valence-corrected chi connectivity index (χ2v) is 9.33. The van der Waals surface area contributed by atoms with E-state index in [-0.39, 0.29) is 0 Å². The smallest absolute Gasteiger partial charge is 0.318 e. The normalized spacial score (nSPS) is 14.0. The number of methoxy groups -OCH3 is 2. The zero-order valence-corrected chi connectivity index (χ0v) is 25.9. The number of nitrogens with one attached hydrogen (secondary N) is 1. The maximum atomic E-state index is 7.32. The minimum atomic E-state index is 0.434. The van der Waals surface area contributed by atoms with Crippen LogP contribution in [0.5, 0.6) is 11.8 Å². The number of anilines is 1. The molecular formula is C29H48ClN7O2. The number of ether oxygens (including phenoxy) is 2. The predicted molar refractivity (Wildman–Crippen MR) is 161 cm³/mol. The number of hydrogen-bond donors (Lipinski definition) is 1. The molecule has 2 aliphatic heterocycles. The molecular weight excluding hydrogens is 514 g/mol. The molecule has 1 saturated heterocycles. The third-order valence-corrected chi connectivity index (χ3v) is 6.57. The number of nitrogens with zero attached hydrogens (tertiary/aromatic N) is 6. The van der Waals surface area contributed by atoms with E-state index >= 15 is 0 Å². The van der Waals surface area contributed by atoms with Crippen molar-refractivity contribution in [3.05, 3.63) is 40.0 Å². The molecule has 0 aliphatic carbocycles. The number of nitriles is 1. The summed E-state index contributed by atoms with van der Waals surface area (Å²) in [6, 6.07) is 7.94. The van der Waals surface area contributed by atoms with Gasteiger partial charge < -0.3 is 24.6 Å². The Kier molecular flexibility index (Phi) is 17.1. The molecule has 0 saturated carbocycles. The average Bonchev–Trinajstić information content (AvgIpc) is 3.38. The second-order valence-electron chi connectivity index (χ2n) is 8.92. The van der Waals surface area contributed by atoms with E-state index in [0.717, 1.165) is 73.7 Å². The Bertz CT molecular complexity index is 1010. The lowest BCUT2D eigenvalue weighted by atomic mass is 10.2. The largest absolute Gasteiger partial charge is 0.497 e. The van der Waals surface area contributed by atoms with E-state index < -0.39 is 0 Å². The molecule has 2 aliphatic rings. The van der Waals surface area contributed by atoms with Crippen LogP contribution >= 0.6 is 11.6 Å². The Morgan fingerprint density at radius 1 is 1.10 bits per heavy atom. The maximum absolute atomic E-state index is 7.32. The van der Waals surface area contributed by atoms with Gasteiger partial charge in [-0.1, -0.05) is 39.3 Å². The Morgan fingerprint density at radius 2 is 1.77 bits per heavy atom. The molecule has 1 aromatic carbocycles. The lowest BCUT2D eigenvalue weighted by Crippen LogP contribution is -2.44. The highest BCUT2D eigenvalue weighted by Crippen LogP contribution is 2.33. The molecule has 0 unspecified atom stereocenters. The van der Waals surface area contributed by atoms with Gasteiger partial charge in [0.2, 0.25) is 0 Å². The highest BCUT2D eigenvalue weighted by molar-refractivity contribution is 6.31. The molecule has 0 radical (unpaired) electrons. The van der Waals surface area contributed by atoms with E-state index in [1.807, 2.05) is 32.0 Å². The van der Waals surface area contributed by atoms with Gasteiger partial charge in [-0.05, 0) is 50.3 Å². The predicted octanol–water partition coefficient (Wildman–Crippen LogP) is 4.98. The number of benzene rings is 1. The van der Waals surface area contributed by atoms with E-state index in [2.05, 4.69) is 50.9 Å². The summed E-state index contributed by atoms with van der Waals surface area (Å²) in [6.07, 6.45) is 1.27. The molecule has 0 amide bonds. The molecule has 1 N–H and O–H groups in total. The van der Waals surface area contributed by atoms with Crippen molar-refractivity contribution in [3.63, 3.8) is 0 Å². The molecule has 2 aromatic rings. The van der Waals surface area contributed by atoms with Crippen molar-refractivity contribution in [2.24, 2.45) is 0 Å². The van der Waals surface area contributed by atoms with Crippen molar-refractivity contribution in [3.8, 4) is 17.8 Å². The van der Waals surface area contributed by atoms with Gasteiger partial charge in [0.15, 0.2) is 0 Å². The SMILES string of the molecule is CC.CC#N.CCCN(C)CC.COc1ccc(Cl)c(CN2Cc3nc(OC)nc(N4CCNCC4)c3C2)c1. The lowest BCUT2D eigenvalue weighted by Gasteiger charge is -2.30. The number of piperazine rings is 1. The van der Waals surface area contributed by atoms with E-state index in [1.165, 1.54) is 32.0 Å². The minimum Gasteiger partial charge on any atom is -0.497 e. The molecule has 1 aromatic heterocycles. The van der Waals surface area contributed by atoms with Crippen molar-refractivity contribution in [1.82, 2.24) is 25.1 Å². The molecule has 4 rings (SSSR count). The van der Waals surface area contributed by atoms with Gasteiger partial charge in [0.1, 0.15) is 11.6 Å². The standard InChI is InChI=1S/C19H24ClN5O2.C6H15N.C2H3N.C2H6/c1-26-14-3-4-16(20)13(9-14)10-24-11-15-17(12-24)22-19(27-2)23-18(15)25-7-5-21-6-8-25;1-4-6-7(3)5-2;1-2-3;1-2/h3-4,9,21H,5-8,10-12H2,1-2H3;4-6H2,1-3H3;1H3;1-2H3. The molecule has 39 heavy (non-hydrogen) atoms. The van der Waals surface area contributed by atoms with Gasteiger partial charge in [-0.2, -0.15) is 15.2 Å². The molecule has 1 fully saturated rings. The summed E-state index contributed by atoms with van der Waals surface area (Å²) in [5.41, 5.74) is 3.28. The van der Waals surface area contributed by atoms with Crippen molar-refractivity contribution in [2.75, 3.05) is 65.4 Å². The highest BCUT2D eigenvalue weighted by Gasteiger charge is 2.29. The van der Waals surface area contributed by atoms with E-state index in [4.69, 9.17) is 26.3 Å². The first-order valence-corrected chi connectivity index (χ1v) is 14.2. The van der Waals surface area contributed by atoms with Gasteiger partial charge >= 0.3 is 6.01 Å². The quantitative estimate of drug-likeness (QED) is 0.479. The fourth-order valence-corrected chi connectivity index (χ4v) is 4.38. The number of aromatic nitrogens is 2. The van der Waals surface area contributed by atoms with Crippen molar-refractivity contribution >= 4 is 17.4 Å². The van der Waals surface area contributed by atoms with Gasteiger partial charge in [0.25, 0.3) is 0 Å². The Labute approximate surface area is 241 Å². The zero-order chi connectivity index (χ0) is 29.2. The van der Waals surface area contributed by atoms with Gasteiger partial charge in [0, 0.05) is 63.3 Å². The summed E-state index contributed by atoms with van der Waals surface area (Å²) in [6.45, 7) is 18.3. The number of rotatable bonds is 8. The average molecular weight is 562 g/mol. The van der Waals surface area contributed by atoms with Crippen LogP contribution < -0.4 is 19.7 Å². The summed E-state index contributed by atoms with van der Waals surface area (Å²) in [4.78, 5) is 16.2. The third-order valence-electron chi connectivity index (χ3n) is 6.20. The lowest BCUT2D eigenvalue weighted by molar-refractivity contribution is 0.273. The molecule has 0 spiro atoms. The summed E-state index contributed by atoms with van der Waals surface area (Å²) < 4.78 is 10.7. The number of fused-ring (bicyclic) bond motifs is 1. The fraction of sp³-hybridized carbons (Fsp3) is 0.621. The summed E-state index contributed by atoms with van der Waals surface area (Å²) in [5, 5.41) is 11.5. The van der Waals surface area contributed by atoms with Crippen LogP contribution in [0.25, 0.3) is 0 Å². The maximum Gasteiger partial charge on any atom is 0.318 e. The molecule has 0 atom stereocenters. The van der Waals surface area contributed by atoms with E-state index in [0.29, 0.717) is 6.01 Å². The van der Waals surface area contributed by atoms with Crippen LogP contribution in [-0.2, 0) is 19.6 Å². The molecule has 3 heterocycles. The van der Waals surface area contributed by atoms with Crippen LogP contribution in [0.2, 0.25) is 5.02 Å². The first kappa shape index (κ1) is 34.4. The first-order chi connectivity index (χ1) is 18.9. The van der Waals surface area contributed by atoms with Gasteiger partial charge in [0.05, 0.1) is 26.0 Å². The summed E-state index contributed by atoms with van der Waals surface area (Å²) in [7, 11) is 5.43. The van der Waals surface area contributed by atoms with Gasteiger partial charge in [-0.25, -0.2) is 0 Å². The zero-order valence-electron chi connectivity index (χ0n) is 25.2. The molecule has 218 valence electrons. The number of halogens is 1. The number of hydrogen-bond acceptors (Lipinski definition) is 9. The van der Waals surface area contributed by atoms with E-state index in [1.54, 1.807) is 20.3 Å². The van der Waals surface area contributed by atoms with Crippen LogP contribution in [0.3, 0.4) is 0 Å². The Balaban J connectivity index is 0.000000540.